The lowest BCUT2D eigenvalue weighted by Gasteiger charge is -2.25. The molecule has 0 fully saturated rings. The van der Waals surface area contributed by atoms with E-state index < -0.39 is 16.0 Å². The molecule has 0 unspecified atom stereocenters. The minimum atomic E-state index is -3.52. The summed E-state index contributed by atoms with van der Waals surface area (Å²) in [5.41, 5.74) is 4.42. The van der Waals surface area contributed by atoms with E-state index in [4.69, 9.17) is 4.74 Å². The fourth-order valence-electron chi connectivity index (χ4n) is 3.44. The van der Waals surface area contributed by atoms with E-state index in [9.17, 15) is 18.0 Å². The number of anilines is 2. The maximum Gasteiger partial charge on any atom is 0.338 e. The lowest BCUT2D eigenvalue weighted by molar-refractivity contribution is 0.0526. The highest BCUT2D eigenvalue weighted by molar-refractivity contribution is 7.92. The highest BCUT2D eigenvalue weighted by atomic mass is 32.2. The van der Waals surface area contributed by atoms with Crippen molar-refractivity contribution < 1.29 is 22.7 Å². The molecule has 1 amide bonds. The van der Waals surface area contributed by atoms with Crippen molar-refractivity contribution in [3.05, 3.63) is 94.5 Å². The van der Waals surface area contributed by atoms with E-state index >= 15 is 0 Å². The summed E-state index contributed by atoms with van der Waals surface area (Å²) in [6.07, 6.45) is 1.18. The number of rotatable bonds is 8. The van der Waals surface area contributed by atoms with Crippen molar-refractivity contribution in [2.24, 2.45) is 0 Å². The van der Waals surface area contributed by atoms with Gasteiger partial charge >= 0.3 is 5.97 Å². The maximum absolute atomic E-state index is 12.7. The Bertz CT molecular complexity index is 1300. The standard InChI is InChI=1S/C26H28N2O5S/c1-5-33-26(30)22-7-6-8-23(16-22)27-25(29)21-13-11-20(12-14-21)17-28(34(4,31)32)24-15-18(2)9-10-19(24)3/h6-16H,5,17H2,1-4H3,(H,27,29). The minimum absolute atomic E-state index is 0.145. The van der Waals surface area contributed by atoms with Crippen LogP contribution in [0.25, 0.3) is 0 Å². The normalized spacial score (nSPS) is 11.1. The van der Waals surface area contributed by atoms with Crippen LogP contribution in [0.3, 0.4) is 0 Å². The Hall–Kier alpha value is -3.65. The first kappa shape index (κ1) is 25.0. The van der Waals surface area contributed by atoms with E-state index in [0.29, 0.717) is 22.5 Å². The van der Waals surface area contributed by atoms with Gasteiger partial charge in [0.05, 0.1) is 30.7 Å². The summed E-state index contributed by atoms with van der Waals surface area (Å²) in [7, 11) is -3.52. The van der Waals surface area contributed by atoms with Crippen molar-refractivity contribution >= 4 is 33.3 Å². The number of amides is 1. The first-order valence-electron chi connectivity index (χ1n) is 10.8. The van der Waals surface area contributed by atoms with E-state index in [1.807, 2.05) is 32.0 Å². The number of ether oxygens (including phenoxy) is 1. The zero-order valence-corrected chi connectivity index (χ0v) is 20.5. The molecule has 178 valence electrons. The van der Waals surface area contributed by atoms with Crippen molar-refractivity contribution in [3.8, 4) is 0 Å². The molecule has 0 aliphatic rings. The predicted molar refractivity (Wildman–Crippen MR) is 134 cm³/mol. The van der Waals surface area contributed by atoms with E-state index in [2.05, 4.69) is 5.32 Å². The van der Waals surface area contributed by atoms with Crippen molar-refractivity contribution in [2.75, 3.05) is 22.5 Å². The zero-order valence-electron chi connectivity index (χ0n) is 19.7. The van der Waals surface area contributed by atoms with E-state index in [1.54, 1.807) is 55.5 Å². The Labute approximate surface area is 200 Å². The molecule has 0 bridgehead atoms. The molecular weight excluding hydrogens is 452 g/mol. The van der Waals surface area contributed by atoms with Crippen LogP contribution < -0.4 is 9.62 Å². The lowest BCUT2D eigenvalue weighted by Crippen LogP contribution is -2.30. The van der Waals surface area contributed by atoms with Crippen LogP contribution in [0.1, 0.15) is 44.3 Å². The number of aryl methyl sites for hydroxylation is 2. The van der Waals surface area contributed by atoms with Gasteiger partial charge in [-0.1, -0.05) is 30.3 Å². The summed E-state index contributed by atoms with van der Waals surface area (Å²) in [4.78, 5) is 24.6. The molecular formula is C26H28N2O5S. The van der Waals surface area contributed by atoms with Gasteiger partial charge in [0, 0.05) is 11.3 Å². The monoisotopic (exact) mass is 480 g/mol. The van der Waals surface area contributed by atoms with Crippen LogP contribution in [0.4, 0.5) is 11.4 Å². The van der Waals surface area contributed by atoms with Crippen LogP contribution in [-0.2, 0) is 21.3 Å². The Kier molecular flexibility index (Phi) is 7.73. The van der Waals surface area contributed by atoms with Gasteiger partial charge in [0.15, 0.2) is 0 Å². The van der Waals surface area contributed by atoms with E-state index in [1.165, 1.54) is 10.6 Å². The highest BCUT2D eigenvalue weighted by Gasteiger charge is 2.20. The van der Waals surface area contributed by atoms with Gasteiger partial charge in [0.2, 0.25) is 10.0 Å². The molecule has 1 N–H and O–H groups in total. The first-order valence-corrected chi connectivity index (χ1v) is 12.7. The molecule has 0 aliphatic heterocycles. The van der Waals surface area contributed by atoms with Gasteiger partial charge in [-0.25, -0.2) is 13.2 Å². The third kappa shape index (κ3) is 6.23. The first-order chi connectivity index (χ1) is 16.1. The van der Waals surface area contributed by atoms with Crippen LogP contribution in [0.2, 0.25) is 0 Å². The van der Waals surface area contributed by atoms with Crippen molar-refractivity contribution in [2.45, 2.75) is 27.3 Å². The topological polar surface area (TPSA) is 92.8 Å². The van der Waals surface area contributed by atoms with Gasteiger partial charge in [-0.2, -0.15) is 0 Å². The number of sulfonamides is 1. The minimum Gasteiger partial charge on any atom is -0.462 e. The fraction of sp³-hybridized carbons (Fsp3) is 0.231. The van der Waals surface area contributed by atoms with Crippen molar-refractivity contribution in [1.29, 1.82) is 0 Å². The van der Waals surface area contributed by atoms with Gasteiger partial charge in [-0.05, 0) is 73.9 Å². The molecule has 34 heavy (non-hydrogen) atoms. The molecule has 7 nitrogen and oxygen atoms in total. The Morgan fingerprint density at radius 2 is 1.65 bits per heavy atom. The quantitative estimate of drug-likeness (QED) is 0.472. The van der Waals surface area contributed by atoms with E-state index in [0.717, 1.165) is 16.7 Å². The van der Waals surface area contributed by atoms with Crippen LogP contribution >= 0.6 is 0 Å². The lowest BCUT2D eigenvalue weighted by atomic mass is 10.1. The summed E-state index contributed by atoms with van der Waals surface area (Å²) >= 11 is 0. The largest absolute Gasteiger partial charge is 0.462 e. The summed E-state index contributed by atoms with van der Waals surface area (Å²) < 4.78 is 31.4. The summed E-state index contributed by atoms with van der Waals surface area (Å²) in [6, 6.07) is 18.9. The fourth-order valence-corrected chi connectivity index (χ4v) is 4.38. The van der Waals surface area contributed by atoms with Gasteiger partial charge in [0.1, 0.15) is 0 Å². The second kappa shape index (κ2) is 10.5. The summed E-state index contributed by atoms with van der Waals surface area (Å²) in [6.45, 7) is 5.93. The molecule has 0 saturated carbocycles. The number of hydrogen-bond donors (Lipinski definition) is 1. The zero-order chi connectivity index (χ0) is 24.9. The molecule has 8 heteroatoms. The molecule has 0 spiro atoms. The van der Waals surface area contributed by atoms with Gasteiger partial charge < -0.3 is 10.1 Å². The number of benzene rings is 3. The van der Waals surface area contributed by atoms with Crippen LogP contribution in [-0.4, -0.2) is 33.2 Å². The SMILES string of the molecule is CCOC(=O)c1cccc(NC(=O)c2ccc(CN(c3cc(C)ccc3C)S(C)(=O)=O)cc2)c1. The predicted octanol–water partition coefficient (Wildman–Crippen LogP) is 4.70. The molecule has 3 aromatic rings. The summed E-state index contributed by atoms with van der Waals surface area (Å²) in [5.74, 6) is -0.802. The highest BCUT2D eigenvalue weighted by Crippen LogP contribution is 2.26. The number of nitrogens with one attached hydrogen (secondary N) is 1. The third-order valence-electron chi connectivity index (χ3n) is 5.21. The molecule has 0 aliphatic carbocycles. The third-order valence-corrected chi connectivity index (χ3v) is 6.33. The number of carbonyl (C=O) groups is 2. The Balaban J connectivity index is 1.76. The van der Waals surface area contributed by atoms with Crippen LogP contribution in [0.15, 0.2) is 66.7 Å². The molecule has 0 heterocycles. The summed E-state index contributed by atoms with van der Waals surface area (Å²) in [5, 5.41) is 2.77. The van der Waals surface area contributed by atoms with Crippen LogP contribution in [0.5, 0.6) is 0 Å². The number of esters is 1. The average molecular weight is 481 g/mol. The van der Waals surface area contributed by atoms with Gasteiger partial charge in [-0.3, -0.25) is 9.10 Å². The number of nitrogens with zero attached hydrogens (tertiary/aromatic N) is 1. The van der Waals surface area contributed by atoms with Crippen molar-refractivity contribution in [1.82, 2.24) is 0 Å². The average Bonchev–Trinajstić information content (AvgIpc) is 2.79. The van der Waals surface area contributed by atoms with E-state index in [-0.39, 0.29) is 19.1 Å². The molecule has 0 radical (unpaired) electrons. The van der Waals surface area contributed by atoms with Crippen LogP contribution in [0, 0.1) is 13.8 Å². The molecule has 3 aromatic carbocycles. The molecule has 0 aromatic heterocycles. The molecule has 3 rings (SSSR count). The molecule has 0 atom stereocenters. The number of carbonyl (C=O) groups excluding carboxylic acids is 2. The second-order valence-corrected chi connectivity index (χ2v) is 9.92. The Morgan fingerprint density at radius 3 is 2.29 bits per heavy atom. The Morgan fingerprint density at radius 1 is 0.941 bits per heavy atom. The van der Waals surface area contributed by atoms with Gasteiger partial charge in [-0.15, -0.1) is 0 Å². The van der Waals surface area contributed by atoms with Gasteiger partial charge in [0.25, 0.3) is 5.91 Å². The number of hydrogen-bond acceptors (Lipinski definition) is 5. The van der Waals surface area contributed by atoms with Crippen molar-refractivity contribution in [3.63, 3.8) is 0 Å². The second-order valence-electron chi connectivity index (χ2n) is 8.01. The maximum atomic E-state index is 12.7. The smallest absolute Gasteiger partial charge is 0.338 e. The molecule has 0 saturated heterocycles.